The van der Waals surface area contributed by atoms with Gasteiger partial charge in [0.05, 0.1) is 6.10 Å². The lowest BCUT2D eigenvalue weighted by Crippen LogP contribution is -2.36. The van der Waals surface area contributed by atoms with Crippen LogP contribution in [-0.4, -0.2) is 29.6 Å². The molecule has 1 aromatic carbocycles. The Morgan fingerprint density at radius 3 is 2.63 bits per heavy atom. The highest BCUT2D eigenvalue weighted by Gasteiger charge is 2.20. The van der Waals surface area contributed by atoms with E-state index < -0.39 is 6.10 Å². The second-order valence-electron chi connectivity index (χ2n) is 5.76. The molecule has 1 aliphatic carbocycles. The van der Waals surface area contributed by atoms with Gasteiger partial charge in [-0.05, 0) is 44.0 Å². The molecular formula is C16H24FNO. The van der Waals surface area contributed by atoms with Gasteiger partial charge in [-0.2, -0.15) is 0 Å². The Morgan fingerprint density at radius 1 is 1.32 bits per heavy atom. The monoisotopic (exact) mass is 265 g/mol. The minimum absolute atomic E-state index is 0.211. The summed E-state index contributed by atoms with van der Waals surface area (Å²) in [7, 11) is 2.08. The Balaban J connectivity index is 1.95. The van der Waals surface area contributed by atoms with E-state index in [1.54, 1.807) is 19.1 Å². The molecule has 0 spiro atoms. The molecule has 0 heterocycles. The SMILES string of the molecule is Cc1cc(C(O)CN(C)C2CCCCC2)ccc1F. The second-order valence-corrected chi connectivity index (χ2v) is 5.76. The second kappa shape index (κ2) is 6.49. The number of aliphatic hydroxyl groups excluding tert-OH is 1. The quantitative estimate of drug-likeness (QED) is 0.901. The van der Waals surface area contributed by atoms with E-state index in [4.69, 9.17) is 0 Å². The van der Waals surface area contributed by atoms with Crippen LogP contribution in [0.25, 0.3) is 0 Å². The predicted octanol–water partition coefficient (Wildman–Crippen LogP) is 3.43. The van der Waals surface area contributed by atoms with Crippen LogP contribution < -0.4 is 0 Å². The summed E-state index contributed by atoms with van der Waals surface area (Å²) < 4.78 is 13.2. The van der Waals surface area contributed by atoms with Crippen LogP contribution in [0.2, 0.25) is 0 Å². The van der Waals surface area contributed by atoms with Crippen molar-refractivity contribution in [2.45, 2.75) is 51.2 Å². The average Bonchev–Trinajstić information content (AvgIpc) is 2.42. The van der Waals surface area contributed by atoms with Crippen LogP contribution in [0.1, 0.15) is 49.3 Å². The minimum atomic E-state index is -0.536. The largest absolute Gasteiger partial charge is 0.387 e. The van der Waals surface area contributed by atoms with Crippen LogP contribution in [0.15, 0.2) is 18.2 Å². The Bertz CT molecular complexity index is 415. The first kappa shape index (κ1) is 14.5. The molecular weight excluding hydrogens is 241 g/mol. The van der Waals surface area contributed by atoms with Crippen LogP contribution in [0, 0.1) is 12.7 Å². The van der Waals surface area contributed by atoms with E-state index in [0.29, 0.717) is 18.2 Å². The van der Waals surface area contributed by atoms with Gasteiger partial charge in [-0.25, -0.2) is 4.39 Å². The summed E-state index contributed by atoms with van der Waals surface area (Å²) in [6, 6.07) is 5.45. The fraction of sp³-hybridized carbons (Fsp3) is 0.625. The lowest BCUT2D eigenvalue weighted by molar-refractivity contribution is 0.0913. The van der Waals surface area contributed by atoms with E-state index in [0.717, 1.165) is 5.56 Å². The van der Waals surface area contributed by atoms with Crippen molar-refractivity contribution in [1.29, 1.82) is 0 Å². The van der Waals surface area contributed by atoms with Crippen molar-refractivity contribution in [2.75, 3.05) is 13.6 Å². The number of hydrogen-bond acceptors (Lipinski definition) is 2. The number of halogens is 1. The molecule has 0 amide bonds. The number of aliphatic hydroxyl groups is 1. The molecule has 2 nitrogen and oxygen atoms in total. The Morgan fingerprint density at radius 2 is 2.00 bits per heavy atom. The van der Waals surface area contributed by atoms with E-state index in [2.05, 4.69) is 11.9 Å². The summed E-state index contributed by atoms with van der Waals surface area (Å²) in [5, 5.41) is 10.3. The van der Waals surface area contributed by atoms with Crippen molar-refractivity contribution in [2.24, 2.45) is 0 Å². The van der Waals surface area contributed by atoms with Crippen molar-refractivity contribution >= 4 is 0 Å². The van der Waals surface area contributed by atoms with E-state index in [9.17, 15) is 9.50 Å². The van der Waals surface area contributed by atoms with Gasteiger partial charge in [-0.3, -0.25) is 0 Å². The third kappa shape index (κ3) is 3.77. The minimum Gasteiger partial charge on any atom is -0.387 e. The number of rotatable bonds is 4. The normalized spacial score (nSPS) is 18.8. The van der Waals surface area contributed by atoms with Gasteiger partial charge in [0.2, 0.25) is 0 Å². The molecule has 1 fully saturated rings. The van der Waals surface area contributed by atoms with Gasteiger partial charge in [-0.1, -0.05) is 31.4 Å². The smallest absolute Gasteiger partial charge is 0.126 e. The van der Waals surface area contributed by atoms with Gasteiger partial charge >= 0.3 is 0 Å². The molecule has 1 N–H and O–H groups in total. The Labute approximate surface area is 115 Å². The van der Waals surface area contributed by atoms with Gasteiger partial charge in [0.1, 0.15) is 5.82 Å². The van der Waals surface area contributed by atoms with E-state index in [1.165, 1.54) is 38.2 Å². The molecule has 1 atom stereocenters. The molecule has 1 aliphatic rings. The topological polar surface area (TPSA) is 23.5 Å². The van der Waals surface area contributed by atoms with Crippen molar-refractivity contribution in [3.8, 4) is 0 Å². The van der Waals surface area contributed by atoms with Crippen LogP contribution in [-0.2, 0) is 0 Å². The standard InChI is InChI=1S/C16H24FNO/c1-12-10-13(8-9-15(12)17)16(19)11-18(2)14-6-4-3-5-7-14/h8-10,14,16,19H,3-7,11H2,1-2H3. The van der Waals surface area contributed by atoms with Crippen LogP contribution in [0.4, 0.5) is 4.39 Å². The number of hydrogen-bond donors (Lipinski definition) is 1. The molecule has 0 radical (unpaired) electrons. The van der Waals surface area contributed by atoms with Crippen molar-refractivity contribution in [1.82, 2.24) is 4.90 Å². The predicted molar refractivity (Wildman–Crippen MR) is 75.6 cm³/mol. The maximum atomic E-state index is 13.2. The molecule has 2 rings (SSSR count). The average molecular weight is 265 g/mol. The van der Waals surface area contributed by atoms with Crippen molar-refractivity contribution in [3.05, 3.63) is 35.1 Å². The highest BCUT2D eigenvalue weighted by Crippen LogP contribution is 2.24. The van der Waals surface area contributed by atoms with Gasteiger partial charge < -0.3 is 10.0 Å². The molecule has 1 aromatic rings. The summed E-state index contributed by atoms with van der Waals surface area (Å²) in [6.45, 7) is 2.35. The Hall–Kier alpha value is -0.930. The summed E-state index contributed by atoms with van der Waals surface area (Å²) >= 11 is 0. The zero-order valence-electron chi connectivity index (χ0n) is 11.9. The van der Waals surface area contributed by atoms with Crippen molar-refractivity contribution in [3.63, 3.8) is 0 Å². The van der Waals surface area contributed by atoms with Gasteiger partial charge in [0.15, 0.2) is 0 Å². The first-order valence-corrected chi connectivity index (χ1v) is 7.22. The lowest BCUT2D eigenvalue weighted by atomic mass is 9.94. The first-order chi connectivity index (χ1) is 9.08. The Kier molecular flexibility index (Phi) is 4.94. The van der Waals surface area contributed by atoms with E-state index >= 15 is 0 Å². The maximum Gasteiger partial charge on any atom is 0.126 e. The van der Waals surface area contributed by atoms with Crippen molar-refractivity contribution < 1.29 is 9.50 Å². The first-order valence-electron chi connectivity index (χ1n) is 7.22. The highest BCUT2D eigenvalue weighted by atomic mass is 19.1. The number of likely N-dealkylation sites (N-methyl/N-ethyl adjacent to an activating group) is 1. The van der Waals surface area contributed by atoms with E-state index in [1.807, 2.05) is 0 Å². The molecule has 106 valence electrons. The summed E-state index contributed by atoms with van der Waals surface area (Å²) in [5.41, 5.74) is 1.40. The third-order valence-electron chi connectivity index (χ3n) is 4.23. The van der Waals surface area contributed by atoms with E-state index in [-0.39, 0.29) is 5.82 Å². The molecule has 1 unspecified atom stereocenters. The maximum absolute atomic E-state index is 13.2. The number of nitrogens with zero attached hydrogens (tertiary/aromatic N) is 1. The van der Waals surface area contributed by atoms with Crippen LogP contribution in [0.3, 0.4) is 0 Å². The summed E-state index contributed by atoms with van der Waals surface area (Å²) in [5.74, 6) is -0.211. The molecule has 0 saturated heterocycles. The fourth-order valence-corrected chi connectivity index (χ4v) is 2.92. The van der Waals surface area contributed by atoms with Crippen LogP contribution >= 0.6 is 0 Å². The zero-order valence-corrected chi connectivity index (χ0v) is 11.9. The number of benzene rings is 1. The lowest BCUT2D eigenvalue weighted by Gasteiger charge is -2.32. The van der Waals surface area contributed by atoms with Crippen LogP contribution in [0.5, 0.6) is 0 Å². The number of aryl methyl sites for hydroxylation is 1. The molecule has 1 saturated carbocycles. The van der Waals surface area contributed by atoms with Gasteiger partial charge in [0.25, 0.3) is 0 Å². The third-order valence-corrected chi connectivity index (χ3v) is 4.23. The molecule has 19 heavy (non-hydrogen) atoms. The fourth-order valence-electron chi connectivity index (χ4n) is 2.92. The van der Waals surface area contributed by atoms with Gasteiger partial charge in [-0.15, -0.1) is 0 Å². The zero-order chi connectivity index (χ0) is 13.8. The molecule has 3 heteroatoms. The summed E-state index contributed by atoms with van der Waals surface area (Å²) in [6.07, 6.45) is 5.84. The molecule has 0 bridgehead atoms. The molecule has 0 aromatic heterocycles. The highest BCUT2D eigenvalue weighted by molar-refractivity contribution is 5.25. The molecule has 0 aliphatic heterocycles. The summed E-state index contributed by atoms with van der Waals surface area (Å²) in [4.78, 5) is 2.25. The van der Waals surface area contributed by atoms with Gasteiger partial charge in [0, 0.05) is 12.6 Å².